The molecule has 9 heteroatoms. The minimum atomic E-state index is -1.39. The number of carboxylic acids is 2. The molecule has 0 bridgehead atoms. The molecule has 0 aliphatic carbocycles. The Morgan fingerprint density at radius 2 is 1.69 bits per heavy atom. The van der Waals surface area contributed by atoms with E-state index >= 15 is 0 Å². The monoisotopic (exact) mass is 270 g/mol. The van der Waals surface area contributed by atoms with E-state index in [1.807, 2.05) is 0 Å². The van der Waals surface area contributed by atoms with E-state index in [1.165, 1.54) is 0 Å². The first kappa shape index (κ1) is 15.4. The Balaban J connectivity index is 3.74. The third-order valence-electron chi connectivity index (χ3n) is 1.51. The lowest BCUT2D eigenvalue weighted by molar-refractivity contribution is -0.138. The van der Waals surface area contributed by atoms with Gasteiger partial charge in [0.15, 0.2) is 0 Å². The predicted octanol–water partition coefficient (Wildman–Crippen LogP) is -1.75. The first-order valence-corrected chi connectivity index (χ1v) is 6.88. The van der Waals surface area contributed by atoms with Gasteiger partial charge in [-0.15, -0.1) is 11.8 Å². The van der Waals surface area contributed by atoms with Crippen LogP contribution in [0.2, 0.25) is 0 Å². The molecule has 0 spiro atoms. The summed E-state index contributed by atoms with van der Waals surface area (Å²) < 4.78 is 11.3. The highest BCUT2D eigenvalue weighted by molar-refractivity contribution is 8.10. The second-order valence-electron chi connectivity index (χ2n) is 2.98. The fourth-order valence-corrected chi connectivity index (χ4v) is 3.11. The van der Waals surface area contributed by atoms with E-state index in [0.717, 1.165) is 11.8 Å². The lowest BCUT2D eigenvalue weighted by atomic mass is 10.4. The molecule has 0 saturated heterocycles. The molecule has 0 radical (unpaired) electrons. The summed E-state index contributed by atoms with van der Waals surface area (Å²) in [7, 11) is -1.39. The molecular formula is C7H14N2O5S2. The second kappa shape index (κ2) is 7.60. The topological polar surface area (TPSA) is 144 Å². The van der Waals surface area contributed by atoms with Gasteiger partial charge >= 0.3 is 11.9 Å². The molecule has 0 rings (SSSR count). The van der Waals surface area contributed by atoms with Crippen LogP contribution in [0.15, 0.2) is 0 Å². The fourth-order valence-electron chi connectivity index (χ4n) is 0.659. The molecule has 0 heterocycles. The van der Waals surface area contributed by atoms with Crippen molar-refractivity contribution in [1.29, 1.82) is 0 Å². The quantitative estimate of drug-likeness (QED) is 0.406. The molecule has 7 nitrogen and oxygen atoms in total. The third kappa shape index (κ3) is 6.77. The van der Waals surface area contributed by atoms with Crippen molar-refractivity contribution in [3.63, 3.8) is 0 Å². The highest BCUT2D eigenvalue weighted by Gasteiger charge is 2.16. The summed E-state index contributed by atoms with van der Waals surface area (Å²) in [5.74, 6) is -2.35. The number of rotatable bonds is 8. The van der Waals surface area contributed by atoms with Crippen molar-refractivity contribution in [2.45, 2.75) is 12.1 Å². The van der Waals surface area contributed by atoms with Crippen LogP contribution in [-0.2, 0) is 20.4 Å². The second-order valence-corrected chi connectivity index (χ2v) is 5.88. The van der Waals surface area contributed by atoms with Gasteiger partial charge in [-0.2, -0.15) is 0 Å². The maximum atomic E-state index is 11.3. The number of aliphatic carboxylic acids is 2. The Hall–Kier alpha value is -0.640. The Kier molecular flexibility index (Phi) is 7.30. The number of nitrogens with two attached hydrogens (primary N) is 2. The van der Waals surface area contributed by atoms with Crippen molar-refractivity contribution in [2.75, 3.05) is 16.6 Å². The molecule has 3 atom stereocenters. The van der Waals surface area contributed by atoms with Crippen molar-refractivity contribution < 1.29 is 24.0 Å². The van der Waals surface area contributed by atoms with E-state index in [-0.39, 0.29) is 16.6 Å². The molecule has 0 aliphatic heterocycles. The normalized spacial score (nSPS) is 16.4. The van der Waals surface area contributed by atoms with E-state index < -0.39 is 34.8 Å². The zero-order valence-electron chi connectivity index (χ0n) is 8.37. The minimum Gasteiger partial charge on any atom is -0.480 e. The standard InChI is InChI=1S/C7H14N2O5S2/c8-4(6(10)11)1-15-3-16(14)2-5(9)7(12)13/h4-5H,1-3,8-9H2,(H,10,11)(H,12,13). The van der Waals surface area contributed by atoms with Gasteiger partial charge in [-0.3, -0.25) is 13.8 Å². The molecule has 6 N–H and O–H groups in total. The maximum Gasteiger partial charge on any atom is 0.321 e. The number of hydrogen-bond donors (Lipinski definition) is 4. The van der Waals surface area contributed by atoms with Crippen LogP contribution in [0.3, 0.4) is 0 Å². The minimum absolute atomic E-state index is 0.127. The summed E-state index contributed by atoms with van der Waals surface area (Å²) in [5.41, 5.74) is 10.4. The van der Waals surface area contributed by atoms with Gasteiger partial charge < -0.3 is 21.7 Å². The zero-order valence-corrected chi connectivity index (χ0v) is 10.00. The number of thioether (sulfide) groups is 1. The molecule has 0 aliphatic rings. The van der Waals surface area contributed by atoms with Crippen LogP contribution in [0.5, 0.6) is 0 Å². The van der Waals surface area contributed by atoms with Crippen molar-refractivity contribution >= 4 is 34.5 Å². The third-order valence-corrected chi connectivity index (χ3v) is 4.56. The van der Waals surface area contributed by atoms with Crippen LogP contribution in [-0.4, -0.2) is 55.0 Å². The number of hydrogen-bond acceptors (Lipinski definition) is 6. The van der Waals surface area contributed by atoms with Crippen molar-refractivity contribution in [3.8, 4) is 0 Å². The average molecular weight is 270 g/mol. The molecule has 0 aromatic rings. The van der Waals surface area contributed by atoms with E-state index in [1.54, 1.807) is 0 Å². The molecule has 0 saturated carbocycles. The summed E-state index contributed by atoms with van der Waals surface area (Å²) in [5, 5.41) is 17.0. The molecule has 3 unspecified atom stereocenters. The fraction of sp³-hybridized carbons (Fsp3) is 0.714. The van der Waals surface area contributed by atoms with Crippen LogP contribution >= 0.6 is 11.8 Å². The molecule has 0 amide bonds. The lowest BCUT2D eigenvalue weighted by Gasteiger charge is -2.07. The Morgan fingerprint density at radius 3 is 2.12 bits per heavy atom. The van der Waals surface area contributed by atoms with E-state index in [4.69, 9.17) is 21.7 Å². The summed E-state index contributed by atoms with van der Waals surface area (Å²) in [6.45, 7) is 0. The molecule has 0 fully saturated rings. The summed E-state index contributed by atoms with van der Waals surface area (Å²) in [6.07, 6.45) is 0. The van der Waals surface area contributed by atoms with E-state index in [2.05, 4.69) is 0 Å². The van der Waals surface area contributed by atoms with Crippen LogP contribution in [0.25, 0.3) is 0 Å². The number of carboxylic acid groups (broad SMARTS) is 2. The van der Waals surface area contributed by atoms with Crippen LogP contribution in [0.4, 0.5) is 0 Å². The molecule has 0 aromatic heterocycles. The van der Waals surface area contributed by atoms with Gasteiger partial charge in [0, 0.05) is 16.6 Å². The van der Waals surface area contributed by atoms with E-state index in [0.29, 0.717) is 0 Å². The van der Waals surface area contributed by atoms with Crippen molar-refractivity contribution in [2.24, 2.45) is 11.5 Å². The van der Waals surface area contributed by atoms with Gasteiger partial charge in [0.05, 0.1) is 10.8 Å². The van der Waals surface area contributed by atoms with Gasteiger partial charge in [0.2, 0.25) is 0 Å². The highest BCUT2D eigenvalue weighted by Crippen LogP contribution is 2.05. The largest absolute Gasteiger partial charge is 0.480 e. The van der Waals surface area contributed by atoms with Crippen molar-refractivity contribution in [3.05, 3.63) is 0 Å². The molecule has 16 heavy (non-hydrogen) atoms. The molecular weight excluding hydrogens is 256 g/mol. The van der Waals surface area contributed by atoms with Gasteiger partial charge in [-0.25, -0.2) is 0 Å². The smallest absolute Gasteiger partial charge is 0.321 e. The number of carbonyl (C=O) groups is 2. The summed E-state index contributed by atoms with van der Waals surface area (Å²) >= 11 is 1.10. The zero-order chi connectivity index (χ0) is 12.7. The van der Waals surface area contributed by atoms with Gasteiger partial charge in [-0.05, 0) is 0 Å². The SMILES string of the molecule is NC(CSCS(=O)CC(N)C(=O)O)C(=O)O. The first-order valence-electron chi connectivity index (χ1n) is 4.24. The summed E-state index contributed by atoms with van der Waals surface area (Å²) in [4.78, 5) is 20.7. The Bertz CT molecular complexity index is 286. The molecule has 94 valence electrons. The van der Waals surface area contributed by atoms with Crippen LogP contribution in [0, 0.1) is 0 Å². The first-order chi connectivity index (χ1) is 7.34. The van der Waals surface area contributed by atoms with E-state index in [9.17, 15) is 13.8 Å². The average Bonchev–Trinajstić information content (AvgIpc) is 2.16. The highest BCUT2D eigenvalue weighted by atomic mass is 32.2. The summed E-state index contributed by atoms with van der Waals surface area (Å²) in [6, 6.07) is -2.16. The van der Waals surface area contributed by atoms with Gasteiger partial charge in [-0.1, -0.05) is 0 Å². The van der Waals surface area contributed by atoms with Crippen LogP contribution < -0.4 is 11.5 Å². The Morgan fingerprint density at radius 1 is 1.19 bits per heavy atom. The van der Waals surface area contributed by atoms with Gasteiger partial charge in [0.25, 0.3) is 0 Å². The lowest BCUT2D eigenvalue weighted by Crippen LogP contribution is -2.36. The van der Waals surface area contributed by atoms with Gasteiger partial charge in [0.1, 0.15) is 12.1 Å². The Labute approximate surface area is 99.0 Å². The maximum absolute atomic E-state index is 11.3. The molecule has 0 aromatic carbocycles. The predicted molar refractivity (Wildman–Crippen MR) is 61.6 cm³/mol. The van der Waals surface area contributed by atoms with Crippen LogP contribution in [0.1, 0.15) is 0 Å². The van der Waals surface area contributed by atoms with Crippen molar-refractivity contribution in [1.82, 2.24) is 0 Å².